The maximum Gasteiger partial charge on any atom is 0.251 e. The third-order valence-electron chi connectivity index (χ3n) is 3.15. The first-order valence-electron chi connectivity index (χ1n) is 6.43. The van der Waals surface area contributed by atoms with Crippen LogP contribution in [-0.4, -0.2) is 53.5 Å². The summed E-state index contributed by atoms with van der Waals surface area (Å²) < 4.78 is 29.0. The summed E-state index contributed by atoms with van der Waals surface area (Å²) in [6.45, 7) is 1.18. The smallest absolute Gasteiger partial charge is 0.251 e. The zero-order valence-electron chi connectivity index (χ0n) is 12.2. The lowest BCUT2D eigenvalue weighted by molar-refractivity contribution is 0.0950. The molecule has 1 aliphatic heterocycles. The minimum Gasteiger partial charge on any atom is -0.496 e. The summed E-state index contributed by atoms with van der Waals surface area (Å²) in [6, 6.07) is 2.94. The SMILES string of the molecule is COc1cc(C(=O)NCCN(C)C)cc2c1C=CS2(=O)=O. The highest BCUT2D eigenvalue weighted by Gasteiger charge is 2.26. The Balaban J connectivity index is 2.29. The molecular formula is C14H18N2O4S. The Hall–Kier alpha value is -1.86. The number of nitrogens with zero attached hydrogens (tertiary/aromatic N) is 1. The van der Waals surface area contributed by atoms with Crippen LogP contribution >= 0.6 is 0 Å². The van der Waals surface area contributed by atoms with E-state index in [0.717, 1.165) is 5.41 Å². The molecule has 1 aromatic carbocycles. The molecule has 0 spiro atoms. The van der Waals surface area contributed by atoms with Crippen LogP contribution in [0.15, 0.2) is 22.4 Å². The largest absolute Gasteiger partial charge is 0.496 e. The number of hydrogen-bond acceptors (Lipinski definition) is 5. The quantitative estimate of drug-likeness (QED) is 0.868. The average molecular weight is 310 g/mol. The summed E-state index contributed by atoms with van der Waals surface area (Å²) in [6.07, 6.45) is 1.48. The normalized spacial score (nSPS) is 15.0. The number of amides is 1. The van der Waals surface area contributed by atoms with Crippen LogP contribution in [0.1, 0.15) is 15.9 Å². The fourth-order valence-electron chi connectivity index (χ4n) is 2.03. The molecule has 114 valence electrons. The Bertz CT molecular complexity index is 693. The summed E-state index contributed by atoms with van der Waals surface area (Å²) in [5, 5.41) is 3.87. The molecule has 0 atom stereocenters. The molecule has 1 aromatic rings. The summed E-state index contributed by atoms with van der Waals surface area (Å²) >= 11 is 0. The number of likely N-dealkylation sites (N-methyl/N-ethyl adjacent to an activating group) is 1. The fraction of sp³-hybridized carbons (Fsp3) is 0.357. The van der Waals surface area contributed by atoms with E-state index in [9.17, 15) is 13.2 Å². The highest BCUT2D eigenvalue weighted by atomic mass is 32.2. The van der Waals surface area contributed by atoms with Crippen LogP contribution in [0.25, 0.3) is 6.08 Å². The zero-order valence-corrected chi connectivity index (χ0v) is 13.0. The van der Waals surface area contributed by atoms with E-state index in [2.05, 4.69) is 5.32 Å². The number of nitrogens with one attached hydrogen (secondary N) is 1. The highest BCUT2D eigenvalue weighted by Crippen LogP contribution is 2.35. The first-order valence-corrected chi connectivity index (χ1v) is 7.98. The molecule has 0 aliphatic carbocycles. The van der Waals surface area contributed by atoms with Crippen LogP contribution in [0.2, 0.25) is 0 Å². The topological polar surface area (TPSA) is 75.7 Å². The Morgan fingerprint density at radius 1 is 1.33 bits per heavy atom. The monoisotopic (exact) mass is 310 g/mol. The van der Waals surface area contributed by atoms with Crippen molar-refractivity contribution in [2.45, 2.75) is 4.90 Å². The van der Waals surface area contributed by atoms with Crippen molar-refractivity contribution in [3.8, 4) is 5.75 Å². The van der Waals surface area contributed by atoms with Crippen LogP contribution in [0.3, 0.4) is 0 Å². The molecule has 6 nitrogen and oxygen atoms in total. The van der Waals surface area contributed by atoms with Gasteiger partial charge in [-0.1, -0.05) is 0 Å². The van der Waals surface area contributed by atoms with Gasteiger partial charge >= 0.3 is 0 Å². The van der Waals surface area contributed by atoms with E-state index in [0.29, 0.717) is 24.4 Å². The van der Waals surface area contributed by atoms with Crippen molar-refractivity contribution < 1.29 is 17.9 Å². The molecule has 1 aliphatic rings. The molecule has 21 heavy (non-hydrogen) atoms. The number of benzene rings is 1. The first-order chi connectivity index (χ1) is 9.85. The van der Waals surface area contributed by atoms with Gasteiger partial charge in [0.1, 0.15) is 5.75 Å². The van der Waals surface area contributed by atoms with E-state index in [1.165, 1.54) is 19.3 Å². The Kier molecular flexibility index (Phi) is 4.34. The lowest BCUT2D eigenvalue weighted by Crippen LogP contribution is -2.31. The molecule has 0 aromatic heterocycles. The van der Waals surface area contributed by atoms with Crippen LogP contribution in [-0.2, 0) is 9.84 Å². The van der Waals surface area contributed by atoms with Crippen LogP contribution in [0.4, 0.5) is 0 Å². The van der Waals surface area contributed by atoms with Crippen molar-refractivity contribution in [1.82, 2.24) is 10.2 Å². The molecule has 1 heterocycles. The summed E-state index contributed by atoms with van der Waals surface area (Å²) in [5.74, 6) is 0.0580. The third-order valence-corrected chi connectivity index (χ3v) is 4.60. The van der Waals surface area contributed by atoms with E-state index in [1.807, 2.05) is 19.0 Å². The fourth-order valence-corrected chi connectivity index (χ4v) is 3.25. The van der Waals surface area contributed by atoms with Gasteiger partial charge in [0.05, 0.1) is 12.0 Å². The van der Waals surface area contributed by atoms with Crippen LogP contribution < -0.4 is 10.1 Å². The summed E-state index contributed by atoms with van der Waals surface area (Å²) in [7, 11) is 1.78. The summed E-state index contributed by atoms with van der Waals surface area (Å²) in [4.78, 5) is 14.2. The van der Waals surface area contributed by atoms with Gasteiger partial charge in [-0.25, -0.2) is 8.42 Å². The molecule has 1 amide bonds. The van der Waals surface area contributed by atoms with Crippen molar-refractivity contribution in [3.63, 3.8) is 0 Å². The molecule has 0 bridgehead atoms. The lowest BCUT2D eigenvalue weighted by Gasteiger charge is -2.12. The second-order valence-corrected chi connectivity index (χ2v) is 6.80. The maximum absolute atomic E-state index is 12.1. The lowest BCUT2D eigenvalue weighted by atomic mass is 10.1. The average Bonchev–Trinajstić information content (AvgIpc) is 2.73. The number of carbonyl (C=O) groups is 1. The van der Waals surface area contributed by atoms with E-state index >= 15 is 0 Å². The standard InChI is InChI=1S/C14H18N2O4S/c1-16(2)6-5-15-14(17)10-8-12(20-3)11-4-7-21(18,19)13(11)9-10/h4,7-9H,5-6H2,1-3H3,(H,15,17). The predicted molar refractivity (Wildman–Crippen MR) is 80.1 cm³/mol. The molecule has 0 saturated heterocycles. The molecule has 0 unspecified atom stereocenters. The van der Waals surface area contributed by atoms with E-state index in [1.54, 1.807) is 6.07 Å². The van der Waals surface area contributed by atoms with Crippen molar-refractivity contribution in [2.75, 3.05) is 34.3 Å². The van der Waals surface area contributed by atoms with E-state index in [4.69, 9.17) is 4.74 Å². The highest BCUT2D eigenvalue weighted by molar-refractivity contribution is 7.94. The van der Waals surface area contributed by atoms with Crippen molar-refractivity contribution in [2.24, 2.45) is 0 Å². The zero-order chi connectivity index (χ0) is 15.6. The molecule has 0 fully saturated rings. The van der Waals surface area contributed by atoms with Crippen molar-refractivity contribution in [3.05, 3.63) is 28.7 Å². The Labute approximate surface area is 124 Å². The van der Waals surface area contributed by atoms with Gasteiger partial charge in [-0.2, -0.15) is 0 Å². The number of fused-ring (bicyclic) bond motifs is 1. The second-order valence-electron chi connectivity index (χ2n) is 5.00. The van der Waals surface area contributed by atoms with Gasteiger partial charge < -0.3 is 15.0 Å². The third kappa shape index (κ3) is 3.25. The van der Waals surface area contributed by atoms with Gasteiger partial charge in [0, 0.05) is 29.6 Å². The first kappa shape index (κ1) is 15.5. The minimum atomic E-state index is -3.48. The van der Waals surface area contributed by atoms with E-state index in [-0.39, 0.29) is 16.4 Å². The van der Waals surface area contributed by atoms with Gasteiger partial charge in [-0.3, -0.25) is 4.79 Å². The molecule has 2 rings (SSSR count). The van der Waals surface area contributed by atoms with Crippen molar-refractivity contribution >= 4 is 21.8 Å². The second kappa shape index (κ2) is 5.87. The molecule has 7 heteroatoms. The van der Waals surface area contributed by atoms with Gasteiger partial charge in [-0.15, -0.1) is 0 Å². The van der Waals surface area contributed by atoms with Crippen LogP contribution in [0, 0.1) is 0 Å². The minimum absolute atomic E-state index is 0.111. The molecule has 0 radical (unpaired) electrons. The number of sulfone groups is 1. The predicted octanol–water partition coefficient (Wildman–Crippen LogP) is 0.745. The Morgan fingerprint density at radius 3 is 2.67 bits per heavy atom. The van der Waals surface area contributed by atoms with Crippen LogP contribution in [0.5, 0.6) is 5.75 Å². The van der Waals surface area contributed by atoms with Gasteiger partial charge in [0.25, 0.3) is 5.91 Å². The molecular weight excluding hydrogens is 292 g/mol. The number of rotatable bonds is 5. The van der Waals surface area contributed by atoms with Crippen molar-refractivity contribution in [1.29, 1.82) is 0 Å². The number of hydrogen-bond donors (Lipinski definition) is 1. The number of ether oxygens (including phenoxy) is 1. The van der Waals surface area contributed by atoms with Gasteiger partial charge in [0.2, 0.25) is 9.84 Å². The number of methoxy groups -OCH3 is 1. The maximum atomic E-state index is 12.1. The van der Waals surface area contributed by atoms with Gasteiger partial charge in [0.15, 0.2) is 0 Å². The molecule has 1 N–H and O–H groups in total. The van der Waals surface area contributed by atoms with E-state index < -0.39 is 9.84 Å². The summed E-state index contributed by atoms with van der Waals surface area (Å²) in [5.41, 5.74) is 0.763. The Morgan fingerprint density at radius 2 is 2.05 bits per heavy atom. The number of carbonyl (C=O) groups excluding carboxylic acids is 1. The van der Waals surface area contributed by atoms with Gasteiger partial charge in [-0.05, 0) is 32.3 Å². The molecule has 0 saturated carbocycles.